The fourth-order valence-corrected chi connectivity index (χ4v) is 2.52. The minimum absolute atomic E-state index is 0.0111. The lowest BCUT2D eigenvalue weighted by Crippen LogP contribution is -2.00. The van der Waals surface area contributed by atoms with Crippen LogP contribution in [0.1, 0.15) is 16.1 Å². The molecule has 0 fully saturated rings. The van der Waals surface area contributed by atoms with Gasteiger partial charge in [0.2, 0.25) is 5.78 Å². The van der Waals surface area contributed by atoms with Gasteiger partial charge in [0, 0.05) is 35.1 Å². The summed E-state index contributed by atoms with van der Waals surface area (Å²) in [5.74, 6) is -0.0111. The zero-order chi connectivity index (χ0) is 11.8. The summed E-state index contributed by atoms with van der Waals surface area (Å²) in [6.45, 7) is 0. The molecule has 0 aliphatic carbocycles. The summed E-state index contributed by atoms with van der Waals surface area (Å²) in [6, 6.07) is 7.89. The van der Waals surface area contributed by atoms with Crippen LogP contribution in [0.25, 0.3) is 10.9 Å². The zero-order valence-corrected chi connectivity index (χ0v) is 10.1. The first kappa shape index (κ1) is 10.2. The third-order valence-electron chi connectivity index (χ3n) is 2.81. The number of hydrogen-bond donors (Lipinski definition) is 0. The minimum Gasteiger partial charge on any atom is -0.350 e. The van der Waals surface area contributed by atoms with E-state index in [1.165, 1.54) is 11.3 Å². The van der Waals surface area contributed by atoms with Crippen LogP contribution >= 0.6 is 11.3 Å². The van der Waals surface area contributed by atoms with E-state index in [9.17, 15) is 4.79 Å². The Balaban J connectivity index is 2.22. The first-order valence-corrected chi connectivity index (χ1v) is 6.18. The molecule has 1 aromatic carbocycles. The van der Waals surface area contributed by atoms with Crippen molar-refractivity contribution in [2.24, 2.45) is 7.05 Å². The van der Waals surface area contributed by atoms with Crippen LogP contribution in [0.3, 0.4) is 0 Å². The van der Waals surface area contributed by atoms with Crippen molar-refractivity contribution in [1.29, 1.82) is 0 Å². The van der Waals surface area contributed by atoms with Crippen LogP contribution in [0.4, 0.5) is 0 Å². The third kappa shape index (κ3) is 1.57. The maximum Gasteiger partial charge on any atom is 0.214 e. The maximum atomic E-state index is 12.3. The van der Waals surface area contributed by atoms with E-state index in [0.29, 0.717) is 11.3 Å². The summed E-state index contributed by atoms with van der Waals surface area (Å²) in [7, 11) is 1.94. The molecule has 0 atom stereocenters. The first-order chi connectivity index (χ1) is 8.27. The lowest BCUT2D eigenvalue weighted by molar-refractivity contribution is 0.103. The van der Waals surface area contributed by atoms with E-state index in [1.54, 1.807) is 10.9 Å². The number of benzene rings is 1. The number of aryl methyl sites for hydroxylation is 1. The van der Waals surface area contributed by atoms with E-state index in [2.05, 4.69) is 4.98 Å². The van der Waals surface area contributed by atoms with Crippen LogP contribution in [-0.2, 0) is 7.05 Å². The molecule has 0 radical (unpaired) electrons. The summed E-state index contributed by atoms with van der Waals surface area (Å²) in [4.78, 5) is 16.3. The lowest BCUT2D eigenvalue weighted by atomic mass is 10.1. The van der Waals surface area contributed by atoms with Gasteiger partial charge in [0.15, 0.2) is 0 Å². The molecule has 84 valence electrons. The quantitative estimate of drug-likeness (QED) is 0.648. The maximum absolute atomic E-state index is 12.3. The minimum atomic E-state index is -0.0111. The van der Waals surface area contributed by atoms with Crippen LogP contribution in [0, 0.1) is 0 Å². The Bertz CT molecular complexity index is 683. The normalized spacial score (nSPS) is 10.9. The highest BCUT2D eigenvalue weighted by molar-refractivity contribution is 7.07. The van der Waals surface area contributed by atoms with Crippen molar-refractivity contribution in [2.45, 2.75) is 0 Å². The van der Waals surface area contributed by atoms with Crippen molar-refractivity contribution in [1.82, 2.24) is 9.55 Å². The van der Waals surface area contributed by atoms with Crippen molar-refractivity contribution < 1.29 is 4.79 Å². The van der Waals surface area contributed by atoms with E-state index < -0.39 is 0 Å². The highest BCUT2D eigenvalue weighted by atomic mass is 32.1. The molecule has 0 N–H and O–H groups in total. The molecule has 3 aromatic rings. The number of thiazole rings is 1. The van der Waals surface area contributed by atoms with Crippen LogP contribution in [0.5, 0.6) is 0 Å². The topological polar surface area (TPSA) is 34.9 Å². The Morgan fingerprint density at radius 2 is 2.18 bits per heavy atom. The molecule has 0 aliphatic heterocycles. The molecule has 0 saturated carbocycles. The average Bonchev–Trinajstić information content (AvgIpc) is 2.97. The molecule has 0 bridgehead atoms. The molecule has 17 heavy (non-hydrogen) atoms. The second-order valence-corrected chi connectivity index (χ2v) is 4.59. The van der Waals surface area contributed by atoms with Crippen molar-refractivity contribution in [3.8, 4) is 0 Å². The number of nitrogens with zero attached hydrogens (tertiary/aromatic N) is 2. The number of aromatic nitrogens is 2. The highest BCUT2D eigenvalue weighted by Crippen LogP contribution is 2.22. The van der Waals surface area contributed by atoms with E-state index >= 15 is 0 Å². The third-order valence-corrected chi connectivity index (χ3v) is 3.39. The van der Waals surface area contributed by atoms with Gasteiger partial charge in [0.05, 0.1) is 5.51 Å². The number of hydrogen-bond acceptors (Lipinski definition) is 3. The van der Waals surface area contributed by atoms with Crippen molar-refractivity contribution >= 4 is 28.0 Å². The van der Waals surface area contributed by atoms with Crippen LogP contribution in [-0.4, -0.2) is 15.3 Å². The summed E-state index contributed by atoms with van der Waals surface area (Å²) in [5.41, 5.74) is 3.98. The fourth-order valence-electron chi connectivity index (χ4n) is 1.99. The zero-order valence-electron chi connectivity index (χ0n) is 9.25. The number of carbonyl (C=O) groups is 1. The number of fused-ring (bicyclic) bond motifs is 1. The molecular formula is C13H10N2OS. The molecule has 0 saturated heterocycles. The van der Waals surface area contributed by atoms with Crippen molar-refractivity contribution in [3.63, 3.8) is 0 Å². The Morgan fingerprint density at radius 3 is 2.94 bits per heavy atom. The van der Waals surface area contributed by atoms with Gasteiger partial charge in [-0.1, -0.05) is 18.2 Å². The standard InChI is InChI=1S/C13H10N2OS/c1-15-6-10(9-4-2-3-5-12(9)15)13(16)11-7-17-8-14-11/h2-8H,1H3. The molecule has 2 heterocycles. The molecule has 4 heteroatoms. The SMILES string of the molecule is Cn1cc(C(=O)c2cscn2)c2ccccc21. The summed E-state index contributed by atoms with van der Waals surface area (Å²) < 4.78 is 1.97. The number of para-hydroxylation sites is 1. The van der Waals surface area contributed by atoms with Gasteiger partial charge in [-0.3, -0.25) is 4.79 Å². The monoisotopic (exact) mass is 242 g/mol. The second-order valence-electron chi connectivity index (χ2n) is 3.87. The molecule has 0 amide bonds. The van der Waals surface area contributed by atoms with E-state index in [0.717, 1.165) is 10.9 Å². The van der Waals surface area contributed by atoms with E-state index in [1.807, 2.05) is 42.1 Å². The smallest absolute Gasteiger partial charge is 0.214 e. The predicted octanol–water partition coefficient (Wildman–Crippen LogP) is 2.87. The van der Waals surface area contributed by atoms with Gasteiger partial charge in [-0.25, -0.2) is 4.98 Å². The Labute approximate surface area is 102 Å². The number of rotatable bonds is 2. The van der Waals surface area contributed by atoms with Gasteiger partial charge in [-0.05, 0) is 6.07 Å². The molecular weight excluding hydrogens is 232 g/mol. The second kappa shape index (κ2) is 3.82. The van der Waals surface area contributed by atoms with Crippen LogP contribution in [0.2, 0.25) is 0 Å². The molecule has 0 aliphatic rings. The lowest BCUT2D eigenvalue weighted by Gasteiger charge is -1.94. The summed E-state index contributed by atoms with van der Waals surface area (Å²) in [5, 5.41) is 2.76. The van der Waals surface area contributed by atoms with Gasteiger partial charge >= 0.3 is 0 Å². The molecule has 2 aromatic heterocycles. The fraction of sp³-hybridized carbons (Fsp3) is 0.0769. The number of carbonyl (C=O) groups excluding carboxylic acids is 1. The van der Waals surface area contributed by atoms with Gasteiger partial charge in [0.1, 0.15) is 5.69 Å². The predicted molar refractivity (Wildman–Crippen MR) is 68.5 cm³/mol. The van der Waals surface area contributed by atoms with Crippen molar-refractivity contribution in [3.05, 3.63) is 52.6 Å². The summed E-state index contributed by atoms with van der Waals surface area (Å²) >= 11 is 1.44. The molecule has 3 rings (SSSR count). The van der Waals surface area contributed by atoms with Crippen molar-refractivity contribution in [2.75, 3.05) is 0 Å². The average molecular weight is 242 g/mol. The Hall–Kier alpha value is -1.94. The first-order valence-electron chi connectivity index (χ1n) is 5.24. The van der Waals surface area contributed by atoms with Crippen LogP contribution in [0.15, 0.2) is 41.4 Å². The largest absolute Gasteiger partial charge is 0.350 e. The molecule has 0 spiro atoms. The van der Waals surface area contributed by atoms with Gasteiger partial charge < -0.3 is 4.57 Å². The number of ketones is 1. The van der Waals surface area contributed by atoms with E-state index in [4.69, 9.17) is 0 Å². The van der Waals surface area contributed by atoms with E-state index in [-0.39, 0.29) is 5.78 Å². The van der Waals surface area contributed by atoms with Gasteiger partial charge in [-0.2, -0.15) is 0 Å². The Kier molecular flexibility index (Phi) is 2.30. The van der Waals surface area contributed by atoms with Crippen LogP contribution < -0.4 is 0 Å². The van der Waals surface area contributed by atoms with Gasteiger partial charge in [-0.15, -0.1) is 11.3 Å². The Morgan fingerprint density at radius 1 is 1.35 bits per heavy atom. The van der Waals surface area contributed by atoms with Gasteiger partial charge in [0.25, 0.3) is 0 Å². The molecule has 0 unspecified atom stereocenters. The summed E-state index contributed by atoms with van der Waals surface area (Å²) in [6.07, 6.45) is 1.87. The highest BCUT2D eigenvalue weighted by Gasteiger charge is 2.16. The molecule has 3 nitrogen and oxygen atoms in total.